The lowest BCUT2D eigenvalue weighted by Gasteiger charge is -2.11. The van der Waals surface area contributed by atoms with Gasteiger partial charge in [-0.05, 0) is 44.5 Å². The molecular formula is C24H26N4O. The van der Waals surface area contributed by atoms with Gasteiger partial charge >= 0.3 is 0 Å². The van der Waals surface area contributed by atoms with Crippen molar-refractivity contribution in [3.8, 4) is 0 Å². The van der Waals surface area contributed by atoms with E-state index in [1.165, 1.54) is 5.56 Å². The van der Waals surface area contributed by atoms with Crippen LogP contribution in [-0.2, 0) is 13.1 Å². The standard InChI is InChI=1S/C24H26N4O/c1-17-15-21(18(2)28(17)16-20-9-5-4-6-10-20)24(29)25-13-14-27-19(3)26-22-11-7-8-12-23(22)27/h4-12,15H,13-14,16H2,1-3H3,(H,25,29). The monoisotopic (exact) mass is 386 g/mol. The number of aromatic nitrogens is 3. The molecule has 0 aliphatic heterocycles. The number of fused-ring (bicyclic) bond motifs is 1. The first-order chi connectivity index (χ1) is 14.0. The van der Waals surface area contributed by atoms with Gasteiger partial charge in [0.15, 0.2) is 0 Å². The maximum Gasteiger partial charge on any atom is 0.253 e. The summed E-state index contributed by atoms with van der Waals surface area (Å²) in [6.45, 7) is 8.08. The van der Waals surface area contributed by atoms with Gasteiger partial charge in [-0.3, -0.25) is 4.79 Å². The summed E-state index contributed by atoms with van der Waals surface area (Å²) < 4.78 is 4.34. The first-order valence-corrected chi connectivity index (χ1v) is 9.95. The summed E-state index contributed by atoms with van der Waals surface area (Å²) in [5, 5.41) is 3.07. The van der Waals surface area contributed by atoms with Crippen LogP contribution >= 0.6 is 0 Å². The largest absolute Gasteiger partial charge is 0.350 e. The van der Waals surface area contributed by atoms with E-state index < -0.39 is 0 Å². The fraction of sp³-hybridized carbons (Fsp3) is 0.250. The van der Waals surface area contributed by atoms with E-state index in [-0.39, 0.29) is 5.91 Å². The van der Waals surface area contributed by atoms with Crippen LogP contribution in [0.1, 0.15) is 33.1 Å². The smallest absolute Gasteiger partial charge is 0.253 e. The molecule has 148 valence electrons. The maximum atomic E-state index is 12.8. The third-order valence-corrected chi connectivity index (χ3v) is 5.47. The van der Waals surface area contributed by atoms with Crippen LogP contribution in [0.15, 0.2) is 60.7 Å². The summed E-state index contributed by atoms with van der Waals surface area (Å²) in [4.78, 5) is 17.4. The van der Waals surface area contributed by atoms with Gasteiger partial charge in [0.05, 0.1) is 16.6 Å². The molecular weight excluding hydrogens is 360 g/mol. The Bertz CT molecular complexity index is 1150. The van der Waals surface area contributed by atoms with E-state index in [1.54, 1.807) is 0 Å². The van der Waals surface area contributed by atoms with Crippen LogP contribution in [0, 0.1) is 20.8 Å². The van der Waals surface area contributed by atoms with Gasteiger partial charge in [0.25, 0.3) is 5.91 Å². The van der Waals surface area contributed by atoms with Crippen molar-refractivity contribution in [2.45, 2.75) is 33.9 Å². The molecule has 0 bridgehead atoms. The number of benzene rings is 2. The van der Waals surface area contributed by atoms with Crippen LogP contribution in [-0.4, -0.2) is 26.6 Å². The predicted molar refractivity (Wildman–Crippen MR) is 116 cm³/mol. The molecule has 1 N–H and O–H groups in total. The van der Waals surface area contributed by atoms with E-state index in [0.717, 1.165) is 40.4 Å². The maximum absolute atomic E-state index is 12.8. The zero-order chi connectivity index (χ0) is 20.4. The van der Waals surface area contributed by atoms with Crippen molar-refractivity contribution in [2.24, 2.45) is 0 Å². The number of aryl methyl sites for hydroxylation is 2. The van der Waals surface area contributed by atoms with Crippen LogP contribution in [0.25, 0.3) is 11.0 Å². The number of carbonyl (C=O) groups is 1. The third-order valence-electron chi connectivity index (χ3n) is 5.47. The minimum absolute atomic E-state index is 0.0283. The quantitative estimate of drug-likeness (QED) is 0.539. The Balaban J connectivity index is 1.45. The average Bonchev–Trinajstić information content (AvgIpc) is 3.19. The van der Waals surface area contributed by atoms with Crippen LogP contribution in [0.4, 0.5) is 0 Å². The summed E-state index contributed by atoms with van der Waals surface area (Å²) in [7, 11) is 0. The van der Waals surface area contributed by atoms with Gasteiger partial charge in [0.2, 0.25) is 0 Å². The lowest BCUT2D eigenvalue weighted by atomic mass is 10.2. The molecule has 0 saturated carbocycles. The minimum atomic E-state index is -0.0283. The second-order valence-electron chi connectivity index (χ2n) is 7.41. The molecule has 2 aromatic heterocycles. The highest BCUT2D eigenvalue weighted by Gasteiger charge is 2.16. The Labute approximate surface area is 171 Å². The molecule has 1 amide bonds. The number of amides is 1. The van der Waals surface area contributed by atoms with Gasteiger partial charge in [0.1, 0.15) is 5.82 Å². The molecule has 0 saturated heterocycles. The Morgan fingerprint density at radius 3 is 2.48 bits per heavy atom. The summed E-state index contributed by atoms with van der Waals surface area (Å²) in [6.07, 6.45) is 0. The fourth-order valence-electron chi connectivity index (χ4n) is 3.89. The van der Waals surface area contributed by atoms with Crippen molar-refractivity contribution in [2.75, 3.05) is 6.54 Å². The van der Waals surface area contributed by atoms with Gasteiger partial charge in [-0.1, -0.05) is 42.5 Å². The van der Waals surface area contributed by atoms with Crippen molar-refractivity contribution in [1.29, 1.82) is 0 Å². The number of carbonyl (C=O) groups excluding carboxylic acids is 1. The first-order valence-electron chi connectivity index (χ1n) is 9.95. The summed E-state index contributed by atoms with van der Waals surface area (Å²) >= 11 is 0. The Morgan fingerprint density at radius 1 is 0.966 bits per heavy atom. The Hall–Kier alpha value is -3.34. The van der Waals surface area contributed by atoms with Crippen molar-refractivity contribution < 1.29 is 4.79 Å². The molecule has 0 fully saturated rings. The molecule has 5 nitrogen and oxygen atoms in total. The van der Waals surface area contributed by atoms with Crippen molar-refractivity contribution in [1.82, 2.24) is 19.4 Å². The fourth-order valence-corrected chi connectivity index (χ4v) is 3.89. The molecule has 0 spiro atoms. The van der Waals surface area contributed by atoms with Crippen molar-refractivity contribution >= 4 is 16.9 Å². The summed E-state index contributed by atoms with van der Waals surface area (Å²) in [5.74, 6) is 0.931. The molecule has 5 heteroatoms. The second-order valence-corrected chi connectivity index (χ2v) is 7.41. The van der Waals surface area contributed by atoms with E-state index >= 15 is 0 Å². The van der Waals surface area contributed by atoms with Crippen molar-refractivity contribution in [3.05, 3.63) is 89.0 Å². The normalized spacial score (nSPS) is 11.1. The van der Waals surface area contributed by atoms with E-state index in [1.807, 2.05) is 63.2 Å². The van der Waals surface area contributed by atoms with Crippen LogP contribution in [0.5, 0.6) is 0 Å². The molecule has 0 aliphatic rings. The molecule has 0 radical (unpaired) electrons. The number of para-hydroxylation sites is 2. The molecule has 4 aromatic rings. The van der Waals surface area contributed by atoms with E-state index in [9.17, 15) is 4.79 Å². The van der Waals surface area contributed by atoms with Crippen LogP contribution in [0.2, 0.25) is 0 Å². The highest BCUT2D eigenvalue weighted by Crippen LogP contribution is 2.18. The zero-order valence-electron chi connectivity index (χ0n) is 17.1. The van der Waals surface area contributed by atoms with Crippen LogP contribution < -0.4 is 5.32 Å². The number of imidazole rings is 1. The molecule has 2 aromatic carbocycles. The topological polar surface area (TPSA) is 51.9 Å². The lowest BCUT2D eigenvalue weighted by molar-refractivity contribution is 0.0951. The van der Waals surface area contributed by atoms with Gasteiger partial charge in [-0.2, -0.15) is 0 Å². The lowest BCUT2D eigenvalue weighted by Crippen LogP contribution is -2.27. The second kappa shape index (κ2) is 7.95. The minimum Gasteiger partial charge on any atom is -0.350 e. The number of rotatable bonds is 6. The van der Waals surface area contributed by atoms with Crippen LogP contribution in [0.3, 0.4) is 0 Å². The molecule has 0 aliphatic carbocycles. The zero-order valence-corrected chi connectivity index (χ0v) is 17.1. The summed E-state index contributed by atoms with van der Waals surface area (Å²) in [5.41, 5.74) is 6.14. The van der Waals surface area contributed by atoms with Crippen molar-refractivity contribution in [3.63, 3.8) is 0 Å². The highest BCUT2D eigenvalue weighted by molar-refractivity contribution is 5.95. The van der Waals surface area contributed by atoms with E-state index in [4.69, 9.17) is 0 Å². The van der Waals surface area contributed by atoms with Gasteiger partial charge < -0.3 is 14.5 Å². The molecule has 0 unspecified atom stereocenters. The molecule has 0 atom stereocenters. The van der Waals surface area contributed by atoms with Gasteiger partial charge in [-0.15, -0.1) is 0 Å². The molecule has 29 heavy (non-hydrogen) atoms. The number of hydrogen-bond acceptors (Lipinski definition) is 2. The number of hydrogen-bond donors (Lipinski definition) is 1. The highest BCUT2D eigenvalue weighted by atomic mass is 16.1. The van der Waals surface area contributed by atoms with E-state index in [2.05, 4.69) is 37.6 Å². The van der Waals surface area contributed by atoms with Gasteiger partial charge in [0, 0.05) is 31.0 Å². The molecule has 4 rings (SSSR count). The predicted octanol–water partition coefficient (Wildman–Crippen LogP) is 4.24. The Kier molecular flexibility index (Phi) is 5.21. The SMILES string of the molecule is Cc1cc(C(=O)NCCn2c(C)nc3ccccc32)c(C)n1Cc1ccccc1. The Morgan fingerprint density at radius 2 is 1.69 bits per heavy atom. The van der Waals surface area contributed by atoms with E-state index in [0.29, 0.717) is 13.1 Å². The summed E-state index contributed by atoms with van der Waals surface area (Å²) in [6, 6.07) is 20.4. The first kappa shape index (κ1) is 19.0. The average molecular weight is 386 g/mol. The number of nitrogens with one attached hydrogen (secondary N) is 1. The van der Waals surface area contributed by atoms with Gasteiger partial charge in [-0.25, -0.2) is 4.98 Å². The number of nitrogens with zero attached hydrogens (tertiary/aromatic N) is 3. The third kappa shape index (κ3) is 3.81. The molecule has 2 heterocycles.